The largest absolute Gasteiger partial charge is 0.314 e. The molecule has 0 atom stereocenters. The zero-order valence-electron chi connectivity index (χ0n) is 9.65. The maximum absolute atomic E-state index is 4.50. The Hall–Kier alpha value is -1.26. The highest BCUT2D eigenvalue weighted by atomic mass is 79.9. The number of benzene rings is 1. The SMILES string of the molecule is CNCc1ccnc(Cc2cccc(Br)c2)n1. The topological polar surface area (TPSA) is 37.8 Å². The van der Waals surface area contributed by atoms with E-state index in [2.05, 4.69) is 43.3 Å². The van der Waals surface area contributed by atoms with Gasteiger partial charge in [0, 0.05) is 23.6 Å². The Morgan fingerprint density at radius 3 is 2.94 bits per heavy atom. The van der Waals surface area contributed by atoms with Gasteiger partial charge >= 0.3 is 0 Å². The van der Waals surface area contributed by atoms with Crippen molar-refractivity contribution in [1.82, 2.24) is 15.3 Å². The number of aromatic nitrogens is 2. The fraction of sp³-hybridized carbons (Fsp3) is 0.231. The molecule has 1 aromatic carbocycles. The molecule has 1 aromatic heterocycles. The lowest BCUT2D eigenvalue weighted by Crippen LogP contribution is -2.09. The molecule has 4 heteroatoms. The van der Waals surface area contributed by atoms with Gasteiger partial charge in [0.25, 0.3) is 0 Å². The van der Waals surface area contributed by atoms with E-state index < -0.39 is 0 Å². The van der Waals surface area contributed by atoms with Gasteiger partial charge in [-0.25, -0.2) is 9.97 Å². The molecule has 0 radical (unpaired) electrons. The number of hydrogen-bond donors (Lipinski definition) is 1. The van der Waals surface area contributed by atoms with Crippen molar-refractivity contribution in [2.24, 2.45) is 0 Å². The summed E-state index contributed by atoms with van der Waals surface area (Å²) < 4.78 is 1.08. The van der Waals surface area contributed by atoms with E-state index >= 15 is 0 Å². The molecule has 3 nitrogen and oxygen atoms in total. The van der Waals surface area contributed by atoms with Gasteiger partial charge in [0.15, 0.2) is 0 Å². The van der Waals surface area contributed by atoms with Crippen molar-refractivity contribution < 1.29 is 0 Å². The van der Waals surface area contributed by atoms with E-state index in [0.29, 0.717) is 0 Å². The molecule has 1 N–H and O–H groups in total. The maximum Gasteiger partial charge on any atom is 0.132 e. The molecule has 0 aliphatic heterocycles. The highest BCUT2D eigenvalue weighted by Gasteiger charge is 2.01. The molecule has 0 spiro atoms. The smallest absolute Gasteiger partial charge is 0.132 e. The van der Waals surface area contributed by atoms with Gasteiger partial charge in [0.05, 0.1) is 5.69 Å². The summed E-state index contributed by atoms with van der Waals surface area (Å²) in [6.45, 7) is 0.772. The summed E-state index contributed by atoms with van der Waals surface area (Å²) >= 11 is 3.46. The molecule has 0 bridgehead atoms. The molecule has 0 saturated heterocycles. The van der Waals surface area contributed by atoms with Crippen LogP contribution in [0.4, 0.5) is 0 Å². The molecule has 1 heterocycles. The minimum absolute atomic E-state index is 0.761. The van der Waals surface area contributed by atoms with Crippen LogP contribution in [0.15, 0.2) is 41.0 Å². The van der Waals surface area contributed by atoms with Crippen molar-refractivity contribution in [3.8, 4) is 0 Å². The Kier molecular flexibility index (Phi) is 4.23. The highest BCUT2D eigenvalue weighted by molar-refractivity contribution is 9.10. The second-order valence-electron chi connectivity index (χ2n) is 3.80. The average Bonchev–Trinajstić information content (AvgIpc) is 2.30. The summed E-state index contributed by atoms with van der Waals surface area (Å²) in [4.78, 5) is 8.79. The third-order valence-corrected chi connectivity index (χ3v) is 2.87. The number of halogens is 1. The van der Waals surface area contributed by atoms with E-state index in [9.17, 15) is 0 Å². The van der Waals surface area contributed by atoms with Crippen LogP contribution < -0.4 is 5.32 Å². The van der Waals surface area contributed by atoms with Crippen LogP contribution in [-0.4, -0.2) is 17.0 Å². The summed E-state index contributed by atoms with van der Waals surface area (Å²) in [6, 6.07) is 10.1. The summed E-state index contributed by atoms with van der Waals surface area (Å²) in [5.41, 5.74) is 2.23. The molecule has 88 valence electrons. The Balaban J connectivity index is 2.15. The normalized spacial score (nSPS) is 10.5. The molecular weight excluding hydrogens is 278 g/mol. The van der Waals surface area contributed by atoms with Crippen molar-refractivity contribution >= 4 is 15.9 Å². The Labute approximate surface area is 109 Å². The zero-order chi connectivity index (χ0) is 12.1. The zero-order valence-corrected chi connectivity index (χ0v) is 11.2. The monoisotopic (exact) mass is 291 g/mol. The Morgan fingerprint density at radius 2 is 2.18 bits per heavy atom. The number of nitrogens with one attached hydrogen (secondary N) is 1. The van der Waals surface area contributed by atoms with Crippen LogP contribution in [0.1, 0.15) is 17.1 Å². The number of rotatable bonds is 4. The third-order valence-electron chi connectivity index (χ3n) is 2.37. The standard InChI is InChI=1S/C13H14BrN3/c1-15-9-12-5-6-16-13(17-12)8-10-3-2-4-11(14)7-10/h2-7,15H,8-9H2,1H3. The van der Waals surface area contributed by atoms with E-state index in [0.717, 1.165) is 29.0 Å². The van der Waals surface area contributed by atoms with Crippen molar-refractivity contribution in [2.45, 2.75) is 13.0 Å². The third kappa shape index (κ3) is 3.61. The van der Waals surface area contributed by atoms with Crippen LogP contribution in [0, 0.1) is 0 Å². The predicted molar refractivity (Wildman–Crippen MR) is 71.7 cm³/mol. The van der Waals surface area contributed by atoms with Gasteiger partial charge in [-0.1, -0.05) is 28.1 Å². The van der Waals surface area contributed by atoms with Gasteiger partial charge < -0.3 is 5.32 Å². The van der Waals surface area contributed by atoms with Gasteiger partial charge in [-0.2, -0.15) is 0 Å². The van der Waals surface area contributed by atoms with E-state index in [-0.39, 0.29) is 0 Å². The number of hydrogen-bond acceptors (Lipinski definition) is 3. The lowest BCUT2D eigenvalue weighted by Gasteiger charge is -2.04. The van der Waals surface area contributed by atoms with Crippen molar-refractivity contribution in [1.29, 1.82) is 0 Å². The predicted octanol–water partition coefficient (Wildman–Crippen LogP) is 2.55. The van der Waals surface area contributed by atoms with Gasteiger partial charge in [-0.15, -0.1) is 0 Å². The molecule has 0 fully saturated rings. The molecule has 17 heavy (non-hydrogen) atoms. The van der Waals surface area contributed by atoms with Crippen LogP contribution in [0.5, 0.6) is 0 Å². The van der Waals surface area contributed by atoms with E-state index in [1.165, 1.54) is 5.56 Å². The molecule has 2 rings (SSSR count). The van der Waals surface area contributed by atoms with Crippen LogP contribution >= 0.6 is 15.9 Å². The fourth-order valence-electron chi connectivity index (χ4n) is 1.64. The summed E-state index contributed by atoms with van der Waals surface area (Å²) in [6.07, 6.45) is 2.57. The summed E-state index contributed by atoms with van der Waals surface area (Å²) in [5.74, 6) is 0.857. The summed E-state index contributed by atoms with van der Waals surface area (Å²) in [5, 5.41) is 3.09. The average molecular weight is 292 g/mol. The second kappa shape index (κ2) is 5.89. The highest BCUT2D eigenvalue weighted by Crippen LogP contribution is 2.13. The van der Waals surface area contributed by atoms with Crippen LogP contribution in [0.25, 0.3) is 0 Å². The van der Waals surface area contributed by atoms with Crippen LogP contribution in [0.3, 0.4) is 0 Å². The lowest BCUT2D eigenvalue weighted by molar-refractivity contribution is 0.772. The fourth-order valence-corrected chi connectivity index (χ4v) is 2.08. The minimum atomic E-state index is 0.761. The van der Waals surface area contributed by atoms with E-state index in [1.54, 1.807) is 0 Å². The molecule has 0 aliphatic carbocycles. The van der Waals surface area contributed by atoms with E-state index in [1.807, 2.05) is 31.4 Å². The molecule has 0 saturated carbocycles. The first-order chi connectivity index (χ1) is 8.28. The van der Waals surface area contributed by atoms with Gasteiger partial charge in [-0.3, -0.25) is 0 Å². The van der Waals surface area contributed by atoms with Gasteiger partial charge in [0.2, 0.25) is 0 Å². The number of nitrogens with zero attached hydrogens (tertiary/aromatic N) is 2. The van der Waals surface area contributed by atoms with Crippen molar-refractivity contribution in [2.75, 3.05) is 7.05 Å². The van der Waals surface area contributed by atoms with Crippen molar-refractivity contribution in [3.63, 3.8) is 0 Å². The molecule has 2 aromatic rings. The maximum atomic E-state index is 4.50. The first-order valence-electron chi connectivity index (χ1n) is 5.48. The molecule has 0 amide bonds. The lowest BCUT2D eigenvalue weighted by atomic mass is 10.1. The first-order valence-corrected chi connectivity index (χ1v) is 6.27. The molecule has 0 unspecified atom stereocenters. The molecule has 0 aliphatic rings. The van der Waals surface area contributed by atoms with Gasteiger partial charge in [0.1, 0.15) is 5.82 Å². The summed E-state index contributed by atoms with van der Waals surface area (Å²) in [7, 11) is 1.91. The van der Waals surface area contributed by atoms with Crippen LogP contribution in [0.2, 0.25) is 0 Å². The first kappa shape index (κ1) is 12.2. The van der Waals surface area contributed by atoms with Crippen LogP contribution in [-0.2, 0) is 13.0 Å². The Morgan fingerprint density at radius 1 is 1.29 bits per heavy atom. The quantitative estimate of drug-likeness (QED) is 0.941. The van der Waals surface area contributed by atoms with Crippen molar-refractivity contribution in [3.05, 3.63) is 58.1 Å². The van der Waals surface area contributed by atoms with E-state index in [4.69, 9.17) is 0 Å². The second-order valence-corrected chi connectivity index (χ2v) is 4.72. The Bertz CT molecular complexity index is 500. The minimum Gasteiger partial charge on any atom is -0.314 e. The molecular formula is C13H14BrN3. The van der Waals surface area contributed by atoms with Gasteiger partial charge in [-0.05, 0) is 30.8 Å².